The fraction of sp³-hybridized carbons (Fsp3) is 0.159. The van der Waals surface area contributed by atoms with E-state index in [-0.39, 0.29) is 10.8 Å². The second kappa shape index (κ2) is 15.5. The van der Waals surface area contributed by atoms with E-state index in [1.54, 1.807) is 0 Å². The first kappa shape index (κ1) is 43.1. The number of benzene rings is 10. The highest BCUT2D eigenvalue weighted by Gasteiger charge is 2.53. The van der Waals surface area contributed by atoms with Crippen molar-refractivity contribution in [3.05, 3.63) is 251 Å². The van der Waals surface area contributed by atoms with Gasteiger partial charge in [-0.15, -0.1) is 0 Å². The van der Waals surface area contributed by atoms with Crippen molar-refractivity contribution in [1.29, 1.82) is 0 Å². The molecule has 344 valence electrons. The summed E-state index contributed by atoms with van der Waals surface area (Å²) >= 11 is 0. The summed E-state index contributed by atoms with van der Waals surface area (Å²) in [5.74, 6) is 0. The SMILES string of the molecule is Cc1ccc(N(c2ccc(C(C)(C)C)cc2)c2ccc3c(c2)C2(c4cc(N(c5ccc(C)cc5)c5ccc(C(C)(C)C)cc5)ccc4-3)c3ccccc3-c3c2cc2c4c(cccc34)-c3ccccc3-2)cc1. The van der Waals surface area contributed by atoms with Crippen LogP contribution in [0.1, 0.15) is 86.1 Å². The molecule has 2 nitrogen and oxygen atoms in total. The second-order valence-electron chi connectivity index (χ2n) is 22.3. The van der Waals surface area contributed by atoms with Gasteiger partial charge in [-0.3, -0.25) is 0 Å². The molecule has 0 fully saturated rings. The molecule has 10 aromatic carbocycles. The third kappa shape index (κ3) is 6.47. The van der Waals surface area contributed by atoms with Crippen molar-refractivity contribution in [2.45, 2.75) is 71.6 Å². The smallest absolute Gasteiger partial charge is 0.0727 e. The van der Waals surface area contributed by atoms with E-state index in [1.807, 2.05) is 0 Å². The minimum atomic E-state index is -0.648. The number of nitrogens with zero attached hydrogens (tertiary/aromatic N) is 2. The lowest BCUT2D eigenvalue weighted by Gasteiger charge is -2.34. The zero-order valence-electron chi connectivity index (χ0n) is 42.0. The number of hydrogen-bond acceptors (Lipinski definition) is 2. The van der Waals surface area contributed by atoms with Gasteiger partial charge in [0.05, 0.1) is 5.41 Å². The highest BCUT2D eigenvalue weighted by molar-refractivity contribution is 6.21. The number of hydrogen-bond donors (Lipinski definition) is 0. The zero-order chi connectivity index (χ0) is 48.6. The molecular weight excluding hydrogens is 857 g/mol. The molecule has 0 saturated carbocycles. The molecule has 3 aliphatic carbocycles. The molecule has 0 atom stereocenters. The number of aryl methyl sites for hydroxylation is 2. The lowest BCUT2D eigenvalue weighted by atomic mass is 9.70. The molecule has 0 aliphatic heterocycles. The zero-order valence-corrected chi connectivity index (χ0v) is 42.0. The van der Waals surface area contributed by atoms with Gasteiger partial charge in [0, 0.05) is 34.1 Å². The van der Waals surface area contributed by atoms with Crippen LogP contribution in [-0.2, 0) is 16.2 Å². The summed E-state index contributed by atoms with van der Waals surface area (Å²) in [6.45, 7) is 18.1. The monoisotopic (exact) mass is 914 g/mol. The molecule has 1 spiro atoms. The van der Waals surface area contributed by atoms with Crippen LogP contribution < -0.4 is 9.80 Å². The van der Waals surface area contributed by atoms with Gasteiger partial charge >= 0.3 is 0 Å². The molecule has 0 radical (unpaired) electrons. The van der Waals surface area contributed by atoms with E-state index in [0.717, 1.165) is 34.1 Å². The fourth-order valence-corrected chi connectivity index (χ4v) is 12.3. The minimum absolute atomic E-state index is 0.0394. The van der Waals surface area contributed by atoms with E-state index in [9.17, 15) is 0 Å². The minimum Gasteiger partial charge on any atom is -0.310 e. The molecule has 71 heavy (non-hydrogen) atoms. The first-order chi connectivity index (χ1) is 34.3. The van der Waals surface area contributed by atoms with E-state index in [1.165, 1.54) is 99.8 Å². The van der Waals surface area contributed by atoms with Crippen molar-refractivity contribution in [2.75, 3.05) is 9.80 Å². The molecule has 2 heteroatoms. The molecule has 0 N–H and O–H groups in total. The third-order valence-corrected chi connectivity index (χ3v) is 15.9. The van der Waals surface area contributed by atoms with Crippen molar-refractivity contribution >= 4 is 44.9 Å². The van der Waals surface area contributed by atoms with Crippen LogP contribution in [0.25, 0.3) is 55.3 Å². The molecular formula is C69H58N2. The normalized spacial score (nSPS) is 13.5. The fourth-order valence-electron chi connectivity index (χ4n) is 12.3. The van der Waals surface area contributed by atoms with Crippen molar-refractivity contribution in [1.82, 2.24) is 0 Å². The van der Waals surface area contributed by atoms with Crippen molar-refractivity contribution in [2.24, 2.45) is 0 Å². The van der Waals surface area contributed by atoms with Crippen molar-refractivity contribution in [3.63, 3.8) is 0 Å². The van der Waals surface area contributed by atoms with Gasteiger partial charge in [-0.25, -0.2) is 0 Å². The summed E-state index contributed by atoms with van der Waals surface area (Å²) in [5, 5.41) is 2.67. The van der Waals surface area contributed by atoms with Crippen LogP contribution in [0.2, 0.25) is 0 Å². The Labute approximate surface area is 419 Å². The maximum Gasteiger partial charge on any atom is 0.0727 e. The Bertz CT molecular complexity index is 3610. The molecule has 0 bridgehead atoms. The third-order valence-electron chi connectivity index (χ3n) is 15.9. The predicted molar refractivity (Wildman–Crippen MR) is 301 cm³/mol. The van der Waals surface area contributed by atoms with Crippen LogP contribution in [-0.4, -0.2) is 0 Å². The van der Waals surface area contributed by atoms with Crippen LogP contribution in [0.4, 0.5) is 34.1 Å². The molecule has 0 saturated heterocycles. The van der Waals surface area contributed by atoms with E-state index in [4.69, 9.17) is 0 Å². The van der Waals surface area contributed by atoms with Gasteiger partial charge in [0.2, 0.25) is 0 Å². The van der Waals surface area contributed by atoms with Crippen molar-refractivity contribution in [3.8, 4) is 44.5 Å². The Morgan fingerprint density at radius 1 is 0.310 bits per heavy atom. The lowest BCUT2D eigenvalue weighted by Crippen LogP contribution is -2.26. The first-order valence-corrected chi connectivity index (χ1v) is 25.3. The Morgan fingerprint density at radius 3 is 1.20 bits per heavy atom. The topological polar surface area (TPSA) is 6.48 Å². The average molecular weight is 915 g/mol. The van der Waals surface area contributed by atoms with Gasteiger partial charge in [-0.2, -0.15) is 0 Å². The lowest BCUT2D eigenvalue weighted by molar-refractivity contribution is 0.590. The quantitative estimate of drug-likeness (QED) is 0.164. The maximum absolute atomic E-state index is 2.59. The summed E-state index contributed by atoms with van der Waals surface area (Å²) < 4.78 is 0. The number of fused-ring (bicyclic) bond motifs is 14. The molecule has 13 rings (SSSR count). The van der Waals surface area contributed by atoms with E-state index >= 15 is 0 Å². The van der Waals surface area contributed by atoms with Gasteiger partial charge in [0.25, 0.3) is 0 Å². The molecule has 0 aromatic heterocycles. The van der Waals surface area contributed by atoms with E-state index < -0.39 is 5.41 Å². The van der Waals surface area contributed by atoms with Crippen molar-refractivity contribution < 1.29 is 0 Å². The molecule has 0 unspecified atom stereocenters. The van der Waals surface area contributed by atoms with Gasteiger partial charge in [-0.1, -0.05) is 180 Å². The first-order valence-electron chi connectivity index (χ1n) is 25.3. The van der Waals surface area contributed by atoms with E-state index in [0.29, 0.717) is 0 Å². The van der Waals surface area contributed by atoms with Gasteiger partial charge < -0.3 is 9.80 Å². The molecule has 3 aliphatic rings. The number of anilines is 6. The summed E-state index contributed by atoms with van der Waals surface area (Å²) in [4.78, 5) is 4.91. The largest absolute Gasteiger partial charge is 0.310 e. The van der Waals surface area contributed by atoms with Gasteiger partial charge in [0.1, 0.15) is 0 Å². The Balaban J connectivity index is 1.11. The van der Waals surface area contributed by atoms with Gasteiger partial charge in [-0.05, 0) is 192 Å². The summed E-state index contributed by atoms with van der Waals surface area (Å²) in [6, 6.07) is 79.0. The predicted octanol–water partition coefficient (Wildman–Crippen LogP) is 19.0. The van der Waals surface area contributed by atoms with Crippen LogP contribution >= 0.6 is 0 Å². The number of rotatable bonds is 6. The molecule has 0 amide bonds. The standard InChI is InChI=1S/C69H58N2/c1-43-20-28-47(29-21-43)70(49-32-24-45(25-33-49)67(3,4)5)51-36-38-55-56-39-37-52(71(48-30-22-44(2)23-31-48)50-34-26-46(27-35-50)68(6,7)8)41-63(56)69(62(55)40-51)61-19-12-11-16-58(61)66-59-18-13-17-57-53-14-9-10-15-54(53)60(65(57)59)42-64(66)69/h9-42H,1-8H3. The Kier molecular flexibility index (Phi) is 9.43. The summed E-state index contributed by atoms with van der Waals surface area (Å²) in [7, 11) is 0. The average Bonchev–Trinajstić information content (AvgIpc) is 3.98. The van der Waals surface area contributed by atoms with Crippen LogP contribution in [0.3, 0.4) is 0 Å². The van der Waals surface area contributed by atoms with Crippen LogP contribution in [0.5, 0.6) is 0 Å². The van der Waals surface area contributed by atoms with Gasteiger partial charge in [0.15, 0.2) is 0 Å². The second-order valence-corrected chi connectivity index (χ2v) is 22.3. The Morgan fingerprint density at radius 2 is 0.718 bits per heavy atom. The highest BCUT2D eigenvalue weighted by Crippen LogP contribution is 2.67. The summed E-state index contributed by atoms with van der Waals surface area (Å²) in [6.07, 6.45) is 0. The summed E-state index contributed by atoms with van der Waals surface area (Å²) in [5.41, 5.74) is 27.1. The highest BCUT2D eigenvalue weighted by atomic mass is 15.1. The molecule has 0 heterocycles. The molecule has 10 aromatic rings. The maximum atomic E-state index is 2.59. The van der Waals surface area contributed by atoms with E-state index in [2.05, 4.69) is 271 Å². The van der Waals surface area contributed by atoms with Crippen LogP contribution in [0.15, 0.2) is 206 Å². The van der Waals surface area contributed by atoms with Crippen LogP contribution in [0, 0.1) is 13.8 Å². The Hall–Kier alpha value is -7.94.